The standard InChI is InChI=1S/C21H21N3O4/c1-24(21(26)27-2)17-10-8-16(9-11-17)23-19(25)12-13-20-22-14-18(28-20)15-6-4-3-5-7-15/h3-11,14H,12-13H2,1-2H3,(H,23,25). The van der Waals surface area contributed by atoms with Gasteiger partial charge in [-0.15, -0.1) is 0 Å². The van der Waals surface area contributed by atoms with Gasteiger partial charge in [-0.1, -0.05) is 30.3 Å². The fraction of sp³-hybridized carbons (Fsp3) is 0.190. The number of nitrogens with zero attached hydrogens (tertiary/aromatic N) is 2. The van der Waals surface area contributed by atoms with Crippen LogP contribution in [0.4, 0.5) is 16.2 Å². The summed E-state index contributed by atoms with van der Waals surface area (Å²) < 4.78 is 10.4. The zero-order valence-corrected chi connectivity index (χ0v) is 15.7. The maximum atomic E-state index is 12.2. The molecular weight excluding hydrogens is 358 g/mol. The number of anilines is 2. The summed E-state index contributed by atoms with van der Waals surface area (Å²) in [7, 11) is 2.93. The van der Waals surface area contributed by atoms with Crippen LogP contribution in [-0.2, 0) is 16.0 Å². The molecule has 7 heteroatoms. The molecule has 0 radical (unpaired) electrons. The third-order valence-corrected chi connectivity index (χ3v) is 4.16. The largest absolute Gasteiger partial charge is 0.452 e. The summed E-state index contributed by atoms with van der Waals surface area (Å²) in [5, 5.41) is 2.82. The van der Waals surface area contributed by atoms with Crippen molar-refractivity contribution in [1.82, 2.24) is 4.98 Å². The number of aryl methyl sites for hydroxylation is 1. The topological polar surface area (TPSA) is 84.7 Å². The first kappa shape index (κ1) is 19.2. The Bertz CT molecular complexity index is 936. The van der Waals surface area contributed by atoms with Crippen molar-refractivity contribution < 1.29 is 18.7 Å². The molecule has 7 nitrogen and oxygen atoms in total. The monoisotopic (exact) mass is 379 g/mol. The molecule has 1 N–H and O–H groups in total. The van der Waals surface area contributed by atoms with E-state index in [2.05, 4.69) is 15.0 Å². The van der Waals surface area contributed by atoms with E-state index < -0.39 is 6.09 Å². The first-order chi connectivity index (χ1) is 13.6. The van der Waals surface area contributed by atoms with Gasteiger partial charge in [0, 0.05) is 36.8 Å². The van der Waals surface area contributed by atoms with Crippen LogP contribution < -0.4 is 10.2 Å². The number of carbonyl (C=O) groups is 2. The van der Waals surface area contributed by atoms with Gasteiger partial charge in [0.2, 0.25) is 5.91 Å². The quantitative estimate of drug-likeness (QED) is 0.696. The molecular formula is C21H21N3O4. The number of nitrogens with one attached hydrogen (secondary N) is 1. The second-order valence-electron chi connectivity index (χ2n) is 6.11. The van der Waals surface area contributed by atoms with Crippen molar-refractivity contribution in [2.75, 3.05) is 24.4 Å². The molecule has 28 heavy (non-hydrogen) atoms. The van der Waals surface area contributed by atoms with Gasteiger partial charge in [-0.3, -0.25) is 9.69 Å². The summed E-state index contributed by atoms with van der Waals surface area (Å²) in [6.07, 6.45) is 1.86. The smallest absolute Gasteiger partial charge is 0.413 e. The van der Waals surface area contributed by atoms with Gasteiger partial charge in [0.15, 0.2) is 11.7 Å². The molecule has 1 heterocycles. The number of benzene rings is 2. The van der Waals surface area contributed by atoms with Gasteiger partial charge in [-0.25, -0.2) is 9.78 Å². The lowest BCUT2D eigenvalue weighted by molar-refractivity contribution is -0.116. The third kappa shape index (κ3) is 4.76. The molecule has 0 saturated heterocycles. The number of amides is 2. The fourth-order valence-electron chi connectivity index (χ4n) is 2.62. The van der Waals surface area contributed by atoms with Crippen LogP contribution in [0.25, 0.3) is 11.3 Å². The summed E-state index contributed by atoms with van der Waals surface area (Å²) in [6.45, 7) is 0. The second kappa shape index (κ2) is 8.85. The highest BCUT2D eigenvalue weighted by atomic mass is 16.5. The van der Waals surface area contributed by atoms with Crippen molar-refractivity contribution in [2.24, 2.45) is 0 Å². The van der Waals surface area contributed by atoms with Gasteiger partial charge < -0.3 is 14.5 Å². The maximum absolute atomic E-state index is 12.2. The Morgan fingerprint density at radius 2 is 1.82 bits per heavy atom. The van der Waals surface area contributed by atoms with E-state index >= 15 is 0 Å². The number of oxazole rings is 1. The number of hydrogen-bond donors (Lipinski definition) is 1. The van der Waals surface area contributed by atoms with Crippen LogP contribution in [0.3, 0.4) is 0 Å². The Hall–Kier alpha value is -3.61. The minimum atomic E-state index is -0.461. The van der Waals surface area contributed by atoms with Crippen molar-refractivity contribution in [2.45, 2.75) is 12.8 Å². The predicted molar refractivity (Wildman–Crippen MR) is 106 cm³/mol. The Labute approximate surface area is 162 Å². The molecule has 2 amide bonds. The number of aromatic nitrogens is 1. The average Bonchev–Trinajstić information content (AvgIpc) is 3.21. The van der Waals surface area contributed by atoms with E-state index in [4.69, 9.17) is 4.42 Å². The summed E-state index contributed by atoms with van der Waals surface area (Å²) >= 11 is 0. The van der Waals surface area contributed by atoms with Gasteiger partial charge in [0.1, 0.15) is 0 Å². The Kier molecular flexibility index (Phi) is 6.06. The van der Waals surface area contributed by atoms with E-state index in [-0.39, 0.29) is 12.3 Å². The highest BCUT2D eigenvalue weighted by molar-refractivity contribution is 5.92. The van der Waals surface area contributed by atoms with Crippen LogP contribution in [0.1, 0.15) is 12.3 Å². The Balaban J connectivity index is 1.52. The minimum Gasteiger partial charge on any atom is -0.452 e. The summed E-state index contributed by atoms with van der Waals surface area (Å²) in [5.74, 6) is 1.05. The van der Waals surface area contributed by atoms with E-state index in [0.29, 0.717) is 29.4 Å². The first-order valence-corrected chi connectivity index (χ1v) is 8.78. The highest BCUT2D eigenvalue weighted by Crippen LogP contribution is 2.21. The fourth-order valence-corrected chi connectivity index (χ4v) is 2.62. The molecule has 3 rings (SSSR count). The molecule has 0 fully saturated rings. The third-order valence-electron chi connectivity index (χ3n) is 4.16. The van der Waals surface area contributed by atoms with Crippen LogP contribution in [0.5, 0.6) is 0 Å². The van der Waals surface area contributed by atoms with Crippen LogP contribution >= 0.6 is 0 Å². The lowest BCUT2D eigenvalue weighted by atomic mass is 10.2. The highest BCUT2D eigenvalue weighted by Gasteiger charge is 2.12. The molecule has 0 atom stereocenters. The van der Waals surface area contributed by atoms with Crippen LogP contribution in [-0.4, -0.2) is 31.1 Å². The number of methoxy groups -OCH3 is 1. The van der Waals surface area contributed by atoms with Gasteiger partial charge >= 0.3 is 6.09 Å². The van der Waals surface area contributed by atoms with E-state index in [1.807, 2.05) is 30.3 Å². The molecule has 1 aromatic heterocycles. The number of rotatable bonds is 6. The minimum absolute atomic E-state index is 0.145. The molecule has 0 aliphatic carbocycles. The van der Waals surface area contributed by atoms with Gasteiger partial charge in [0.25, 0.3) is 0 Å². The Morgan fingerprint density at radius 3 is 2.50 bits per heavy atom. The summed E-state index contributed by atoms with van der Waals surface area (Å²) in [5.41, 5.74) is 2.25. The van der Waals surface area contributed by atoms with Gasteiger partial charge in [-0.2, -0.15) is 0 Å². The zero-order chi connectivity index (χ0) is 19.9. The lowest BCUT2D eigenvalue weighted by Gasteiger charge is -2.15. The Morgan fingerprint density at radius 1 is 1.11 bits per heavy atom. The van der Waals surface area contributed by atoms with Crippen molar-refractivity contribution in [3.63, 3.8) is 0 Å². The van der Waals surface area contributed by atoms with E-state index in [1.54, 1.807) is 37.5 Å². The molecule has 0 saturated carbocycles. The molecule has 0 unspecified atom stereocenters. The van der Waals surface area contributed by atoms with Crippen LogP contribution in [0.15, 0.2) is 65.2 Å². The van der Waals surface area contributed by atoms with Crippen LogP contribution in [0, 0.1) is 0 Å². The number of ether oxygens (including phenoxy) is 1. The van der Waals surface area contributed by atoms with E-state index in [0.717, 1.165) is 5.56 Å². The molecule has 3 aromatic rings. The second-order valence-corrected chi connectivity index (χ2v) is 6.11. The molecule has 0 bridgehead atoms. The molecule has 2 aromatic carbocycles. The SMILES string of the molecule is COC(=O)N(C)c1ccc(NC(=O)CCc2ncc(-c3ccccc3)o2)cc1. The van der Waals surface area contributed by atoms with Gasteiger partial charge in [-0.05, 0) is 24.3 Å². The maximum Gasteiger partial charge on any atom is 0.413 e. The average molecular weight is 379 g/mol. The zero-order valence-electron chi connectivity index (χ0n) is 15.7. The summed E-state index contributed by atoms with van der Waals surface area (Å²) in [6, 6.07) is 16.6. The van der Waals surface area contributed by atoms with Crippen molar-refractivity contribution in [3.8, 4) is 11.3 Å². The van der Waals surface area contributed by atoms with Crippen molar-refractivity contribution in [1.29, 1.82) is 0 Å². The van der Waals surface area contributed by atoms with Crippen molar-refractivity contribution >= 4 is 23.4 Å². The van der Waals surface area contributed by atoms with Gasteiger partial charge in [0.05, 0.1) is 13.3 Å². The van der Waals surface area contributed by atoms with E-state index in [1.165, 1.54) is 12.0 Å². The van der Waals surface area contributed by atoms with Crippen molar-refractivity contribution in [3.05, 3.63) is 66.7 Å². The number of hydrogen-bond acceptors (Lipinski definition) is 5. The number of carbonyl (C=O) groups excluding carboxylic acids is 2. The molecule has 0 spiro atoms. The molecule has 144 valence electrons. The molecule has 0 aliphatic heterocycles. The lowest BCUT2D eigenvalue weighted by Crippen LogP contribution is -2.25. The molecule has 0 aliphatic rings. The van der Waals surface area contributed by atoms with Crippen LogP contribution in [0.2, 0.25) is 0 Å². The normalized spacial score (nSPS) is 10.4. The summed E-state index contributed by atoms with van der Waals surface area (Å²) in [4.78, 5) is 29.3. The van der Waals surface area contributed by atoms with E-state index in [9.17, 15) is 9.59 Å². The first-order valence-electron chi connectivity index (χ1n) is 8.78. The predicted octanol–water partition coefficient (Wildman–Crippen LogP) is 4.12.